The van der Waals surface area contributed by atoms with E-state index in [1.807, 2.05) is 43.3 Å². The van der Waals surface area contributed by atoms with E-state index in [4.69, 9.17) is 4.52 Å². The van der Waals surface area contributed by atoms with Crippen molar-refractivity contribution in [1.82, 2.24) is 14.4 Å². The standard InChI is InChI=1S/C22H25N3O3S/c1-3-17-7-9-20(10-8-17)29(26,27)25-13-11-18(12-14-25)21-23-22(28-24-21)19-6-4-5-16(2)15-19/h4-10,15,18H,3,11-14H2,1-2H3. The molecule has 7 heteroatoms. The van der Waals surface area contributed by atoms with E-state index in [1.165, 1.54) is 0 Å². The van der Waals surface area contributed by atoms with Gasteiger partial charge in [-0.2, -0.15) is 9.29 Å². The fraction of sp³-hybridized carbons (Fsp3) is 0.364. The smallest absolute Gasteiger partial charge is 0.257 e. The molecule has 152 valence electrons. The highest BCUT2D eigenvalue weighted by Gasteiger charge is 2.31. The quantitative estimate of drug-likeness (QED) is 0.630. The number of hydrogen-bond donors (Lipinski definition) is 0. The lowest BCUT2D eigenvalue weighted by Gasteiger charge is -2.29. The lowest BCUT2D eigenvalue weighted by atomic mass is 9.97. The Labute approximate surface area is 171 Å². The minimum absolute atomic E-state index is 0.103. The van der Waals surface area contributed by atoms with E-state index in [9.17, 15) is 8.42 Å². The van der Waals surface area contributed by atoms with Gasteiger partial charge in [-0.15, -0.1) is 0 Å². The van der Waals surface area contributed by atoms with Crippen molar-refractivity contribution in [3.63, 3.8) is 0 Å². The van der Waals surface area contributed by atoms with Crippen molar-refractivity contribution in [2.24, 2.45) is 0 Å². The predicted molar refractivity (Wildman–Crippen MR) is 111 cm³/mol. The van der Waals surface area contributed by atoms with Crippen LogP contribution in [0.2, 0.25) is 0 Å². The summed E-state index contributed by atoms with van der Waals surface area (Å²) in [6, 6.07) is 15.1. The number of benzene rings is 2. The Kier molecular flexibility index (Phi) is 5.52. The highest BCUT2D eigenvalue weighted by Crippen LogP contribution is 2.30. The number of rotatable bonds is 5. The lowest BCUT2D eigenvalue weighted by molar-refractivity contribution is 0.307. The van der Waals surface area contributed by atoms with Crippen LogP contribution in [0.1, 0.15) is 42.6 Å². The second-order valence-corrected chi connectivity index (χ2v) is 9.44. The van der Waals surface area contributed by atoms with Gasteiger partial charge in [-0.25, -0.2) is 8.42 Å². The summed E-state index contributed by atoms with van der Waals surface area (Å²) in [5.41, 5.74) is 3.16. The summed E-state index contributed by atoms with van der Waals surface area (Å²) < 4.78 is 32.9. The largest absolute Gasteiger partial charge is 0.334 e. The van der Waals surface area contributed by atoms with Crippen LogP contribution in [-0.4, -0.2) is 36.0 Å². The van der Waals surface area contributed by atoms with Crippen molar-refractivity contribution in [3.8, 4) is 11.5 Å². The van der Waals surface area contributed by atoms with Crippen molar-refractivity contribution < 1.29 is 12.9 Å². The first kappa shape index (κ1) is 19.8. The van der Waals surface area contributed by atoms with Gasteiger partial charge in [-0.3, -0.25) is 0 Å². The Bertz CT molecular complexity index is 1080. The Balaban J connectivity index is 1.44. The van der Waals surface area contributed by atoms with Gasteiger partial charge in [-0.05, 0) is 56.0 Å². The topological polar surface area (TPSA) is 76.3 Å². The van der Waals surface area contributed by atoms with Gasteiger partial charge in [0.25, 0.3) is 5.89 Å². The van der Waals surface area contributed by atoms with Crippen molar-refractivity contribution >= 4 is 10.0 Å². The van der Waals surface area contributed by atoms with Crippen LogP contribution >= 0.6 is 0 Å². The molecule has 0 bridgehead atoms. The van der Waals surface area contributed by atoms with Crippen molar-refractivity contribution in [2.75, 3.05) is 13.1 Å². The molecule has 1 aromatic heterocycles. The molecule has 3 aromatic rings. The van der Waals surface area contributed by atoms with E-state index < -0.39 is 10.0 Å². The Morgan fingerprint density at radius 3 is 2.48 bits per heavy atom. The van der Waals surface area contributed by atoms with Crippen LogP contribution in [0, 0.1) is 6.92 Å². The van der Waals surface area contributed by atoms with Gasteiger partial charge in [0.2, 0.25) is 10.0 Å². The molecule has 0 amide bonds. The lowest BCUT2D eigenvalue weighted by Crippen LogP contribution is -2.38. The van der Waals surface area contributed by atoms with Gasteiger partial charge < -0.3 is 4.52 Å². The third kappa shape index (κ3) is 4.11. The van der Waals surface area contributed by atoms with Gasteiger partial charge in [-0.1, -0.05) is 41.9 Å². The van der Waals surface area contributed by atoms with Gasteiger partial charge in [0.15, 0.2) is 5.82 Å². The van der Waals surface area contributed by atoms with Crippen molar-refractivity contribution in [3.05, 3.63) is 65.5 Å². The summed E-state index contributed by atoms with van der Waals surface area (Å²) in [4.78, 5) is 4.92. The molecule has 0 radical (unpaired) electrons. The SMILES string of the molecule is CCc1ccc(S(=O)(=O)N2CCC(c3noc(-c4cccc(C)c4)n3)CC2)cc1. The first-order chi connectivity index (χ1) is 14.0. The van der Waals surface area contributed by atoms with E-state index in [0.717, 1.165) is 23.1 Å². The fourth-order valence-corrected chi connectivity index (χ4v) is 5.17. The maximum atomic E-state index is 12.9. The van der Waals surface area contributed by atoms with Crippen LogP contribution in [0.4, 0.5) is 0 Å². The number of hydrogen-bond acceptors (Lipinski definition) is 5. The molecule has 0 saturated carbocycles. The normalized spacial score (nSPS) is 16.2. The summed E-state index contributed by atoms with van der Waals surface area (Å²) in [7, 11) is -3.47. The number of aromatic nitrogens is 2. The molecule has 0 aliphatic carbocycles. The zero-order valence-corrected chi connectivity index (χ0v) is 17.5. The molecule has 2 heterocycles. The molecule has 0 unspecified atom stereocenters. The van der Waals surface area contributed by atoms with Gasteiger partial charge >= 0.3 is 0 Å². The molecule has 0 spiro atoms. The van der Waals surface area contributed by atoms with Crippen LogP contribution in [0.5, 0.6) is 0 Å². The number of nitrogens with zero attached hydrogens (tertiary/aromatic N) is 3. The summed E-state index contributed by atoms with van der Waals surface area (Å²) in [6.07, 6.45) is 2.25. The Morgan fingerprint density at radius 2 is 1.83 bits per heavy atom. The minimum atomic E-state index is -3.47. The first-order valence-corrected chi connectivity index (χ1v) is 11.4. The average Bonchev–Trinajstić information content (AvgIpc) is 3.24. The summed E-state index contributed by atoms with van der Waals surface area (Å²) in [5.74, 6) is 1.27. The maximum Gasteiger partial charge on any atom is 0.257 e. The molecule has 0 N–H and O–H groups in total. The van der Waals surface area contributed by atoms with E-state index in [-0.39, 0.29) is 5.92 Å². The van der Waals surface area contributed by atoms with Crippen LogP contribution in [0.15, 0.2) is 57.9 Å². The van der Waals surface area contributed by atoms with E-state index >= 15 is 0 Å². The van der Waals surface area contributed by atoms with Crippen LogP contribution in [-0.2, 0) is 16.4 Å². The number of aryl methyl sites for hydroxylation is 2. The van der Waals surface area contributed by atoms with E-state index in [0.29, 0.717) is 42.5 Å². The first-order valence-electron chi connectivity index (χ1n) is 9.97. The summed E-state index contributed by atoms with van der Waals surface area (Å²) in [6.45, 7) is 4.98. The van der Waals surface area contributed by atoms with Crippen LogP contribution in [0.3, 0.4) is 0 Å². The predicted octanol–water partition coefficient (Wildman–Crippen LogP) is 4.18. The van der Waals surface area contributed by atoms with Gasteiger partial charge in [0, 0.05) is 24.6 Å². The fourth-order valence-electron chi connectivity index (χ4n) is 3.70. The van der Waals surface area contributed by atoms with Crippen LogP contribution < -0.4 is 0 Å². The molecule has 1 aliphatic heterocycles. The third-order valence-corrected chi connectivity index (χ3v) is 7.41. The van der Waals surface area contributed by atoms with E-state index in [2.05, 4.69) is 17.1 Å². The summed E-state index contributed by atoms with van der Waals surface area (Å²) in [5, 5.41) is 4.16. The molecule has 1 saturated heterocycles. The van der Waals surface area contributed by atoms with Gasteiger partial charge in [0.05, 0.1) is 4.90 Å². The molecule has 29 heavy (non-hydrogen) atoms. The van der Waals surface area contributed by atoms with Gasteiger partial charge in [0.1, 0.15) is 0 Å². The summed E-state index contributed by atoms with van der Waals surface area (Å²) >= 11 is 0. The minimum Gasteiger partial charge on any atom is -0.334 e. The second kappa shape index (κ2) is 8.08. The Hall–Kier alpha value is -2.51. The monoisotopic (exact) mass is 411 g/mol. The molecule has 2 aromatic carbocycles. The molecule has 1 aliphatic rings. The highest BCUT2D eigenvalue weighted by molar-refractivity contribution is 7.89. The van der Waals surface area contributed by atoms with Crippen LogP contribution in [0.25, 0.3) is 11.5 Å². The molecule has 1 fully saturated rings. The van der Waals surface area contributed by atoms with Crippen molar-refractivity contribution in [2.45, 2.75) is 43.9 Å². The molecule has 0 atom stereocenters. The Morgan fingerprint density at radius 1 is 1.10 bits per heavy atom. The molecular formula is C22H25N3O3S. The van der Waals surface area contributed by atoms with Crippen molar-refractivity contribution in [1.29, 1.82) is 0 Å². The average molecular weight is 412 g/mol. The van der Waals surface area contributed by atoms with E-state index in [1.54, 1.807) is 16.4 Å². The molecular weight excluding hydrogens is 386 g/mol. The number of sulfonamides is 1. The highest BCUT2D eigenvalue weighted by atomic mass is 32.2. The maximum absolute atomic E-state index is 12.9. The number of piperidine rings is 1. The molecule has 4 rings (SSSR count). The second-order valence-electron chi connectivity index (χ2n) is 7.50. The zero-order chi connectivity index (χ0) is 20.4. The zero-order valence-electron chi connectivity index (χ0n) is 16.7. The molecule has 6 nitrogen and oxygen atoms in total. The third-order valence-electron chi connectivity index (χ3n) is 5.50.